The maximum atomic E-state index is 14.1. The highest BCUT2D eigenvalue weighted by atomic mass is 35.5. The molecule has 2 aromatic carbocycles. The Morgan fingerprint density at radius 3 is 2.52 bits per heavy atom. The number of para-hydroxylation sites is 1. The Morgan fingerprint density at radius 1 is 1.12 bits per heavy atom. The van der Waals surface area contributed by atoms with Crippen molar-refractivity contribution in [2.75, 3.05) is 11.4 Å². The monoisotopic (exact) mass is 568 g/mol. The Balaban J connectivity index is 1.42. The number of amides is 2. The van der Waals surface area contributed by atoms with E-state index in [4.69, 9.17) is 21.1 Å². The minimum absolute atomic E-state index is 0.152. The van der Waals surface area contributed by atoms with Crippen LogP contribution >= 0.6 is 11.6 Å². The minimum Gasteiger partial charge on any atom is -0.485 e. The van der Waals surface area contributed by atoms with E-state index in [-0.39, 0.29) is 34.2 Å². The number of imidazole rings is 1. The molecule has 0 bridgehead atoms. The number of hydrogen-bond acceptors (Lipinski definition) is 5. The number of anilines is 1. The second-order valence-electron chi connectivity index (χ2n) is 10.4. The smallest absolute Gasteiger partial charge is 0.414 e. The molecule has 2 amide bonds. The predicted molar refractivity (Wildman–Crippen MR) is 146 cm³/mol. The van der Waals surface area contributed by atoms with Crippen molar-refractivity contribution in [2.45, 2.75) is 45.9 Å². The molecule has 0 spiro atoms. The number of ether oxygens (including phenoxy) is 2. The van der Waals surface area contributed by atoms with Crippen molar-refractivity contribution in [1.82, 2.24) is 14.7 Å². The van der Waals surface area contributed by atoms with E-state index in [1.54, 1.807) is 33.8 Å². The van der Waals surface area contributed by atoms with Crippen molar-refractivity contribution in [3.8, 4) is 5.75 Å². The number of nitrogens with zero attached hydrogens (tertiary/aromatic N) is 3. The zero-order valence-electron chi connectivity index (χ0n) is 22.3. The molecule has 1 aliphatic heterocycles. The summed E-state index contributed by atoms with van der Waals surface area (Å²) in [6, 6.07) is 11.8. The van der Waals surface area contributed by atoms with Gasteiger partial charge in [0.05, 0.1) is 34.6 Å². The molecule has 3 heterocycles. The molecule has 11 heteroatoms. The van der Waals surface area contributed by atoms with Gasteiger partial charge in [-0.15, -0.1) is 0 Å². The summed E-state index contributed by atoms with van der Waals surface area (Å²) in [5.41, 5.74) is 1.34. The van der Waals surface area contributed by atoms with E-state index in [0.29, 0.717) is 11.4 Å². The van der Waals surface area contributed by atoms with E-state index in [1.807, 2.05) is 18.2 Å². The van der Waals surface area contributed by atoms with Crippen LogP contribution < -0.4 is 15.0 Å². The Bertz CT molecular complexity index is 1610. The Hall–Kier alpha value is -4.18. The molecular formula is C29H27ClF2N4O4. The maximum Gasteiger partial charge on any atom is 0.414 e. The molecule has 40 heavy (non-hydrogen) atoms. The highest BCUT2D eigenvalue weighted by Crippen LogP contribution is 2.36. The average molecular weight is 569 g/mol. The number of aryl methyl sites for hydroxylation is 1. The molecule has 1 atom stereocenters. The molecule has 1 N–H and O–H groups in total. The van der Waals surface area contributed by atoms with Gasteiger partial charge in [0, 0.05) is 17.8 Å². The normalized spacial score (nSPS) is 14.8. The zero-order valence-corrected chi connectivity index (χ0v) is 23.1. The predicted octanol–water partition coefficient (Wildman–Crippen LogP) is 6.38. The van der Waals surface area contributed by atoms with Crippen molar-refractivity contribution in [1.29, 1.82) is 0 Å². The Morgan fingerprint density at radius 2 is 1.82 bits per heavy atom. The summed E-state index contributed by atoms with van der Waals surface area (Å²) in [5, 5.41) is 3.22. The summed E-state index contributed by atoms with van der Waals surface area (Å²) in [4.78, 5) is 32.5. The third kappa shape index (κ3) is 5.31. The highest BCUT2D eigenvalue weighted by molar-refractivity contribution is 6.30. The van der Waals surface area contributed by atoms with Gasteiger partial charge in [0.25, 0.3) is 5.91 Å². The minimum atomic E-state index is -0.741. The fourth-order valence-electron chi connectivity index (χ4n) is 4.64. The number of aromatic nitrogens is 2. The molecule has 0 aliphatic carbocycles. The summed E-state index contributed by atoms with van der Waals surface area (Å²) in [6.45, 7) is 6.80. The quantitative estimate of drug-likeness (QED) is 0.302. The van der Waals surface area contributed by atoms with Crippen molar-refractivity contribution >= 4 is 34.9 Å². The van der Waals surface area contributed by atoms with Crippen LogP contribution in [0, 0.1) is 18.6 Å². The van der Waals surface area contributed by atoms with E-state index in [2.05, 4.69) is 10.3 Å². The van der Waals surface area contributed by atoms with Crippen LogP contribution in [0.4, 0.5) is 19.3 Å². The van der Waals surface area contributed by atoms with Gasteiger partial charge < -0.3 is 14.8 Å². The van der Waals surface area contributed by atoms with E-state index >= 15 is 0 Å². The lowest BCUT2D eigenvalue weighted by Crippen LogP contribution is -2.39. The molecule has 0 radical (unpaired) electrons. The van der Waals surface area contributed by atoms with E-state index in [0.717, 1.165) is 17.7 Å². The Kier molecular flexibility index (Phi) is 7.14. The number of hydrogen-bond donors (Lipinski definition) is 1. The number of rotatable bonds is 5. The van der Waals surface area contributed by atoms with Gasteiger partial charge >= 0.3 is 6.09 Å². The topological polar surface area (TPSA) is 85.2 Å². The second-order valence-corrected chi connectivity index (χ2v) is 10.9. The van der Waals surface area contributed by atoms with Crippen LogP contribution in [0.5, 0.6) is 5.75 Å². The summed E-state index contributed by atoms with van der Waals surface area (Å²) in [6.07, 6.45) is 1.00. The van der Waals surface area contributed by atoms with Crippen LogP contribution in [0.2, 0.25) is 5.02 Å². The van der Waals surface area contributed by atoms with Crippen LogP contribution in [0.1, 0.15) is 54.1 Å². The van der Waals surface area contributed by atoms with Gasteiger partial charge in [-0.2, -0.15) is 0 Å². The number of pyridine rings is 1. The van der Waals surface area contributed by atoms with Crippen LogP contribution in [-0.4, -0.2) is 33.5 Å². The first-order valence-electron chi connectivity index (χ1n) is 12.6. The molecule has 0 saturated carbocycles. The first kappa shape index (κ1) is 27.4. The number of nitrogens with one attached hydrogen (secondary N) is 1. The lowest BCUT2D eigenvalue weighted by atomic mass is 10.1. The van der Waals surface area contributed by atoms with Crippen LogP contribution in [0.15, 0.2) is 54.7 Å². The fraction of sp³-hybridized carbons (Fsp3) is 0.276. The summed E-state index contributed by atoms with van der Waals surface area (Å²) in [7, 11) is 0. The second kappa shape index (κ2) is 10.4. The standard InChI is InChI=1S/C29H27ClF2N4O4/c1-16-25(27(37)34-22-14-35(28(38)40-29(2,3)4)23-11-6-5-8-18(22)23)36-13-17(30)12-24(26(36)33-16)39-15-19-20(31)9-7-10-21(19)32/h5-13,22H,14-15H2,1-4H3,(H,34,37). The van der Waals surface area contributed by atoms with Gasteiger partial charge in [0.1, 0.15) is 29.5 Å². The van der Waals surface area contributed by atoms with Crippen LogP contribution in [-0.2, 0) is 11.3 Å². The van der Waals surface area contributed by atoms with Gasteiger partial charge in [-0.3, -0.25) is 14.1 Å². The molecule has 5 rings (SSSR count). The highest BCUT2D eigenvalue weighted by Gasteiger charge is 2.36. The summed E-state index contributed by atoms with van der Waals surface area (Å²) < 4.78 is 41.0. The third-order valence-electron chi connectivity index (χ3n) is 6.36. The molecule has 1 unspecified atom stereocenters. The van der Waals surface area contributed by atoms with Crippen molar-refractivity contribution < 1.29 is 27.8 Å². The summed E-state index contributed by atoms with van der Waals surface area (Å²) in [5.74, 6) is -1.78. The van der Waals surface area contributed by atoms with Crippen molar-refractivity contribution in [3.05, 3.63) is 93.9 Å². The lowest BCUT2D eigenvalue weighted by Gasteiger charge is -2.25. The number of fused-ring (bicyclic) bond motifs is 2. The molecule has 1 aliphatic rings. The maximum absolute atomic E-state index is 14.1. The molecule has 0 saturated heterocycles. The number of halogens is 3. The summed E-state index contributed by atoms with van der Waals surface area (Å²) >= 11 is 6.33. The number of benzene rings is 2. The third-order valence-corrected chi connectivity index (χ3v) is 6.57. The van der Waals surface area contributed by atoms with Crippen molar-refractivity contribution in [2.24, 2.45) is 0 Å². The Labute approximate surface area is 234 Å². The molecule has 8 nitrogen and oxygen atoms in total. The van der Waals surface area contributed by atoms with Gasteiger partial charge in [-0.1, -0.05) is 35.9 Å². The van der Waals surface area contributed by atoms with E-state index in [1.165, 1.54) is 27.6 Å². The lowest BCUT2D eigenvalue weighted by molar-refractivity contribution is 0.0579. The zero-order chi connectivity index (χ0) is 28.8. The SMILES string of the molecule is Cc1nc2c(OCc3c(F)cccc3F)cc(Cl)cn2c1C(=O)NC1CN(C(=O)OC(C)(C)C)c2ccccc21. The van der Waals surface area contributed by atoms with Crippen LogP contribution in [0.3, 0.4) is 0 Å². The number of carbonyl (C=O) groups is 2. The van der Waals surface area contributed by atoms with Gasteiger partial charge in [-0.25, -0.2) is 18.6 Å². The largest absolute Gasteiger partial charge is 0.485 e. The fourth-order valence-corrected chi connectivity index (χ4v) is 4.84. The molecule has 0 fully saturated rings. The average Bonchev–Trinajstić information content (AvgIpc) is 3.40. The van der Waals surface area contributed by atoms with Crippen molar-refractivity contribution in [3.63, 3.8) is 0 Å². The van der Waals surface area contributed by atoms with Crippen LogP contribution in [0.25, 0.3) is 5.65 Å². The number of carbonyl (C=O) groups excluding carboxylic acids is 2. The molecule has 4 aromatic rings. The first-order valence-corrected chi connectivity index (χ1v) is 12.9. The van der Waals surface area contributed by atoms with E-state index in [9.17, 15) is 18.4 Å². The molecule has 208 valence electrons. The van der Waals surface area contributed by atoms with E-state index < -0.39 is 41.9 Å². The first-order chi connectivity index (χ1) is 18.9. The van der Waals surface area contributed by atoms with Gasteiger partial charge in [0.2, 0.25) is 0 Å². The van der Waals surface area contributed by atoms with Gasteiger partial charge in [0.15, 0.2) is 11.4 Å². The molecule has 2 aromatic heterocycles. The van der Waals surface area contributed by atoms with Gasteiger partial charge in [-0.05, 0) is 45.9 Å². The molecular weight excluding hydrogens is 542 g/mol.